The van der Waals surface area contributed by atoms with Gasteiger partial charge in [0.1, 0.15) is 5.00 Å². The van der Waals surface area contributed by atoms with Crippen molar-refractivity contribution in [2.45, 2.75) is 13.0 Å². The number of carboxylic acid groups (broad SMARTS) is 2. The molecular weight excluding hydrogens is 386 g/mol. The summed E-state index contributed by atoms with van der Waals surface area (Å²) >= 11 is 1.02. The second-order valence-corrected chi connectivity index (χ2v) is 7.25. The number of benzene rings is 1. The van der Waals surface area contributed by atoms with Gasteiger partial charge in [0, 0.05) is 23.7 Å². The average Bonchev–Trinajstić information content (AvgIpc) is 2.99. The lowest BCUT2D eigenvalue weighted by Gasteiger charge is -2.26. The van der Waals surface area contributed by atoms with Crippen molar-refractivity contribution in [1.82, 2.24) is 4.90 Å². The number of nitrogens with one attached hydrogen (secondary N) is 2. The van der Waals surface area contributed by atoms with E-state index in [1.807, 2.05) is 23.1 Å². The molecule has 2 amide bonds. The minimum Gasteiger partial charge on any atom is -0.478 e. The van der Waals surface area contributed by atoms with Gasteiger partial charge in [-0.05, 0) is 24.1 Å². The maximum atomic E-state index is 12.2. The highest BCUT2D eigenvalue weighted by molar-refractivity contribution is 7.17. The molecule has 1 aromatic carbocycles. The monoisotopic (exact) mass is 403 g/mol. The highest BCUT2D eigenvalue weighted by Gasteiger charge is 2.30. The fraction of sp³-hybridized carbons (Fsp3) is 0.222. The fourth-order valence-corrected chi connectivity index (χ4v) is 4.26. The van der Waals surface area contributed by atoms with E-state index in [2.05, 4.69) is 10.6 Å². The number of carboxylic acids is 2. The van der Waals surface area contributed by atoms with E-state index in [0.29, 0.717) is 35.6 Å². The summed E-state index contributed by atoms with van der Waals surface area (Å²) in [4.78, 5) is 48.6. The molecule has 1 aliphatic rings. The molecule has 9 nitrogen and oxygen atoms in total. The Labute approximate surface area is 163 Å². The van der Waals surface area contributed by atoms with Crippen molar-refractivity contribution in [2.24, 2.45) is 0 Å². The van der Waals surface area contributed by atoms with Crippen LogP contribution in [0.4, 0.5) is 10.7 Å². The zero-order valence-corrected chi connectivity index (χ0v) is 15.4. The lowest BCUT2D eigenvalue weighted by atomic mass is 10.0. The fourth-order valence-electron chi connectivity index (χ4n) is 2.99. The number of thiophene rings is 1. The molecule has 0 unspecified atom stereocenters. The van der Waals surface area contributed by atoms with Gasteiger partial charge in [-0.25, -0.2) is 9.59 Å². The number of nitrogens with zero attached hydrogens (tertiary/aromatic N) is 1. The van der Waals surface area contributed by atoms with Crippen LogP contribution in [0.1, 0.15) is 20.8 Å². The average molecular weight is 403 g/mol. The molecule has 0 radical (unpaired) electrons. The molecule has 0 fully saturated rings. The Hall–Kier alpha value is -3.24. The van der Waals surface area contributed by atoms with Crippen LogP contribution in [-0.4, -0.2) is 52.0 Å². The van der Waals surface area contributed by atoms with Gasteiger partial charge in [0.15, 0.2) is 0 Å². The maximum absolute atomic E-state index is 12.2. The normalized spacial score (nSPS) is 13.4. The number of carbonyl (C=O) groups is 4. The summed E-state index contributed by atoms with van der Waals surface area (Å²) in [6, 6.07) is 9.03. The molecule has 10 heteroatoms. The Bertz CT molecular complexity index is 940. The summed E-state index contributed by atoms with van der Waals surface area (Å²) in [6.45, 7) is 0.940. The van der Waals surface area contributed by atoms with Gasteiger partial charge in [-0.2, -0.15) is 0 Å². The van der Waals surface area contributed by atoms with Gasteiger partial charge in [0.05, 0.1) is 12.1 Å². The number of para-hydroxylation sites is 1. The summed E-state index contributed by atoms with van der Waals surface area (Å²) in [5.74, 6) is -4.40. The van der Waals surface area contributed by atoms with E-state index in [1.165, 1.54) is 0 Å². The highest BCUT2D eigenvalue weighted by atomic mass is 32.1. The van der Waals surface area contributed by atoms with E-state index in [4.69, 9.17) is 5.11 Å². The van der Waals surface area contributed by atoms with Gasteiger partial charge in [0.2, 0.25) is 5.91 Å². The largest absolute Gasteiger partial charge is 0.478 e. The van der Waals surface area contributed by atoms with Crippen molar-refractivity contribution in [3.8, 4) is 0 Å². The van der Waals surface area contributed by atoms with Gasteiger partial charge in [-0.15, -0.1) is 11.3 Å². The highest BCUT2D eigenvalue weighted by Crippen LogP contribution is 2.37. The summed E-state index contributed by atoms with van der Waals surface area (Å²) < 4.78 is 0. The van der Waals surface area contributed by atoms with Crippen molar-refractivity contribution in [3.05, 3.63) is 46.3 Å². The lowest BCUT2D eigenvalue weighted by Crippen LogP contribution is -2.36. The van der Waals surface area contributed by atoms with E-state index in [9.17, 15) is 24.3 Å². The molecule has 0 aliphatic carbocycles. The second-order valence-electron chi connectivity index (χ2n) is 6.15. The smallest absolute Gasteiger partial charge is 0.394 e. The van der Waals surface area contributed by atoms with E-state index < -0.39 is 17.8 Å². The molecule has 1 aliphatic heterocycles. The van der Waals surface area contributed by atoms with Crippen LogP contribution in [0.2, 0.25) is 0 Å². The number of hydrogen-bond acceptors (Lipinski definition) is 6. The molecule has 3 rings (SSSR count). The maximum Gasteiger partial charge on any atom is 0.394 e. The van der Waals surface area contributed by atoms with E-state index in [-0.39, 0.29) is 23.0 Å². The third kappa shape index (κ3) is 4.35. The Balaban J connectivity index is 1.72. The first-order valence-corrected chi connectivity index (χ1v) is 9.16. The van der Waals surface area contributed by atoms with Crippen LogP contribution < -0.4 is 10.6 Å². The molecule has 1 aromatic heterocycles. The Morgan fingerprint density at radius 2 is 1.79 bits per heavy atom. The van der Waals surface area contributed by atoms with Crippen molar-refractivity contribution >= 4 is 45.8 Å². The molecule has 4 N–H and O–H groups in total. The molecule has 146 valence electrons. The van der Waals surface area contributed by atoms with Crippen LogP contribution in [0.3, 0.4) is 0 Å². The molecule has 0 saturated heterocycles. The van der Waals surface area contributed by atoms with Crippen molar-refractivity contribution in [3.63, 3.8) is 0 Å². The summed E-state index contributed by atoms with van der Waals surface area (Å²) in [5.41, 5.74) is 1.18. The van der Waals surface area contributed by atoms with Crippen LogP contribution in [0, 0.1) is 0 Å². The van der Waals surface area contributed by atoms with Crippen LogP contribution in [0.15, 0.2) is 30.3 Å². The van der Waals surface area contributed by atoms with Gasteiger partial charge in [-0.3, -0.25) is 14.5 Å². The number of carbonyl (C=O) groups excluding carboxylic acids is 2. The topological polar surface area (TPSA) is 136 Å². The van der Waals surface area contributed by atoms with Crippen molar-refractivity contribution in [1.29, 1.82) is 0 Å². The predicted octanol–water partition coefficient (Wildman–Crippen LogP) is 1.47. The first-order chi connectivity index (χ1) is 13.3. The molecule has 2 heterocycles. The van der Waals surface area contributed by atoms with Crippen molar-refractivity contribution in [2.75, 3.05) is 23.7 Å². The number of hydrogen-bond donors (Lipinski definition) is 4. The molecule has 0 bridgehead atoms. The number of amides is 2. The quantitative estimate of drug-likeness (QED) is 0.555. The zero-order chi connectivity index (χ0) is 20.3. The third-order valence-electron chi connectivity index (χ3n) is 4.20. The summed E-state index contributed by atoms with van der Waals surface area (Å²) in [6.07, 6.45) is 0.384. The second kappa shape index (κ2) is 8.19. The number of fused-ring (bicyclic) bond motifs is 1. The Morgan fingerprint density at radius 1 is 1.07 bits per heavy atom. The van der Waals surface area contributed by atoms with Gasteiger partial charge in [-0.1, -0.05) is 18.2 Å². The first-order valence-electron chi connectivity index (χ1n) is 8.34. The van der Waals surface area contributed by atoms with Crippen LogP contribution in [0.5, 0.6) is 0 Å². The number of rotatable bonds is 5. The van der Waals surface area contributed by atoms with Gasteiger partial charge >= 0.3 is 17.8 Å². The molecule has 0 saturated carbocycles. The van der Waals surface area contributed by atoms with Crippen LogP contribution in [-0.2, 0) is 27.3 Å². The van der Waals surface area contributed by atoms with Crippen molar-refractivity contribution < 1.29 is 29.4 Å². The molecule has 0 atom stereocenters. The predicted molar refractivity (Wildman–Crippen MR) is 102 cm³/mol. The van der Waals surface area contributed by atoms with Gasteiger partial charge < -0.3 is 20.8 Å². The number of aliphatic carboxylic acids is 1. The third-order valence-corrected chi connectivity index (χ3v) is 5.33. The number of aromatic carboxylic acids is 1. The van der Waals surface area contributed by atoms with E-state index >= 15 is 0 Å². The van der Waals surface area contributed by atoms with E-state index in [0.717, 1.165) is 11.3 Å². The lowest BCUT2D eigenvalue weighted by molar-refractivity contribution is -0.147. The van der Waals surface area contributed by atoms with Crippen LogP contribution >= 0.6 is 11.3 Å². The van der Waals surface area contributed by atoms with Gasteiger partial charge in [0.25, 0.3) is 0 Å². The minimum atomic E-state index is -1.69. The minimum absolute atomic E-state index is 0.000451. The van der Waals surface area contributed by atoms with Crippen LogP contribution in [0.25, 0.3) is 0 Å². The summed E-state index contributed by atoms with van der Waals surface area (Å²) in [7, 11) is 0. The SMILES string of the molecule is O=C(CN1CCc2c(sc(NC(=O)C(=O)O)c2C(=O)O)C1)Nc1ccccc1. The van der Waals surface area contributed by atoms with E-state index in [1.54, 1.807) is 12.1 Å². The Kier molecular flexibility index (Phi) is 5.71. The molecule has 0 spiro atoms. The number of anilines is 2. The molecular formula is C18H17N3O6S. The summed E-state index contributed by atoms with van der Waals surface area (Å²) in [5, 5.41) is 23.1. The molecule has 2 aromatic rings. The standard InChI is InChI=1S/C18H17N3O6S/c22-13(19-10-4-2-1-3-5-10)9-21-7-6-11-12(8-21)28-16(14(11)17(24)25)20-15(23)18(26)27/h1-5H,6-9H2,(H,19,22)(H,20,23)(H,24,25)(H,26,27). The first kappa shape index (κ1) is 19.5. The zero-order valence-electron chi connectivity index (χ0n) is 14.6. The molecule has 28 heavy (non-hydrogen) atoms. The Morgan fingerprint density at radius 3 is 2.43 bits per heavy atom.